The number of methoxy groups -OCH3 is 1. The molecule has 1 aromatic heterocycles. The number of carbonyl (C=O) groups excluding carboxylic acids is 1. The number of aromatic nitrogens is 2. The van der Waals surface area contributed by atoms with Crippen molar-refractivity contribution in [3.05, 3.63) is 47.9 Å². The maximum atomic E-state index is 11.4. The highest BCUT2D eigenvalue weighted by molar-refractivity contribution is 5.85. The van der Waals surface area contributed by atoms with E-state index in [2.05, 4.69) is 14.7 Å². The lowest BCUT2D eigenvalue weighted by Crippen LogP contribution is -2.19. The number of rotatable bonds is 4. The molecular weight excluding hydrogens is 256 g/mol. The fourth-order valence-corrected chi connectivity index (χ4v) is 1.73. The first-order valence-electron chi connectivity index (χ1n) is 6.07. The average Bonchev–Trinajstić information content (AvgIpc) is 2.49. The number of nitrogens with two attached hydrogens (primary N) is 1. The van der Waals surface area contributed by atoms with Crippen molar-refractivity contribution in [2.45, 2.75) is 6.54 Å². The summed E-state index contributed by atoms with van der Waals surface area (Å²) in [5.41, 5.74) is 7.48. The Bertz CT molecular complexity index is 598. The molecule has 2 aromatic rings. The summed E-state index contributed by atoms with van der Waals surface area (Å²) in [5.74, 6) is 0.152. The van der Waals surface area contributed by atoms with Crippen molar-refractivity contribution >= 4 is 17.5 Å². The van der Waals surface area contributed by atoms with Gasteiger partial charge in [-0.05, 0) is 23.8 Å². The van der Waals surface area contributed by atoms with E-state index in [9.17, 15) is 4.79 Å². The number of carbonyl (C=O) groups is 1. The standard InChI is InChI=1S/C14H16N4O2/c1-18(9-10-3-5-11(15)6-4-10)12-7-8-16-13(17-12)14(19)20-2/h3-8H,9,15H2,1-2H3. The second-order valence-corrected chi connectivity index (χ2v) is 4.33. The molecule has 2 rings (SSSR count). The first kappa shape index (κ1) is 13.8. The maximum Gasteiger partial charge on any atom is 0.376 e. The van der Waals surface area contributed by atoms with E-state index in [-0.39, 0.29) is 5.82 Å². The van der Waals surface area contributed by atoms with Gasteiger partial charge in [-0.2, -0.15) is 0 Å². The van der Waals surface area contributed by atoms with Crippen molar-refractivity contribution in [1.82, 2.24) is 9.97 Å². The molecule has 104 valence electrons. The Morgan fingerprint density at radius 2 is 2.00 bits per heavy atom. The minimum absolute atomic E-state index is 0.0501. The molecule has 0 amide bonds. The van der Waals surface area contributed by atoms with Gasteiger partial charge in [0.05, 0.1) is 7.11 Å². The predicted octanol–water partition coefficient (Wildman–Crippen LogP) is 1.48. The monoisotopic (exact) mass is 272 g/mol. The van der Waals surface area contributed by atoms with Gasteiger partial charge in [-0.25, -0.2) is 14.8 Å². The number of hydrogen-bond acceptors (Lipinski definition) is 6. The Kier molecular flexibility index (Phi) is 4.14. The second-order valence-electron chi connectivity index (χ2n) is 4.33. The Morgan fingerprint density at radius 1 is 1.30 bits per heavy atom. The number of benzene rings is 1. The molecule has 6 nitrogen and oxygen atoms in total. The first-order valence-corrected chi connectivity index (χ1v) is 6.07. The lowest BCUT2D eigenvalue weighted by Gasteiger charge is -2.18. The summed E-state index contributed by atoms with van der Waals surface area (Å²) in [6.07, 6.45) is 1.54. The van der Waals surface area contributed by atoms with Crippen LogP contribution in [0.1, 0.15) is 16.2 Å². The van der Waals surface area contributed by atoms with Crippen LogP contribution in [0, 0.1) is 0 Å². The molecule has 0 aliphatic heterocycles. The summed E-state index contributed by atoms with van der Waals surface area (Å²) in [4.78, 5) is 21.4. The van der Waals surface area contributed by atoms with Gasteiger partial charge in [0.2, 0.25) is 5.82 Å². The normalized spacial score (nSPS) is 10.1. The van der Waals surface area contributed by atoms with E-state index >= 15 is 0 Å². The molecule has 1 aromatic carbocycles. The third-order valence-corrected chi connectivity index (χ3v) is 2.80. The van der Waals surface area contributed by atoms with Crippen LogP contribution in [-0.4, -0.2) is 30.1 Å². The van der Waals surface area contributed by atoms with Crippen molar-refractivity contribution in [3.8, 4) is 0 Å². The molecule has 0 saturated carbocycles. The number of nitrogen functional groups attached to an aromatic ring is 1. The van der Waals surface area contributed by atoms with Crippen molar-refractivity contribution in [2.24, 2.45) is 0 Å². The SMILES string of the molecule is COC(=O)c1nccc(N(C)Cc2ccc(N)cc2)n1. The van der Waals surface area contributed by atoms with Crippen molar-refractivity contribution < 1.29 is 9.53 Å². The predicted molar refractivity (Wildman–Crippen MR) is 76.3 cm³/mol. The van der Waals surface area contributed by atoms with Crippen LogP contribution < -0.4 is 10.6 Å². The quantitative estimate of drug-likeness (QED) is 0.670. The maximum absolute atomic E-state index is 11.4. The molecule has 0 unspecified atom stereocenters. The topological polar surface area (TPSA) is 81.3 Å². The first-order chi connectivity index (χ1) is 9.60. The molecule has 0 aliphatic rings. The molecule has 0 fully saturated rings. The average molecular weight is 272 g/mol. The van der Waals surface area contributed by atoms with Gasteiger partial charge in [0, 0.05) is 25.5 Å². The van der Waals surface area contributed by atoms with Gasteiger partial charge in [0.25, 0.3) is 0 Å². The van der Waals surface area contributed by atoms with E-state index < -0.39 is 5.97 Å². The summed E-state index contributed by atoms with van der Waals surface area (Å²) in [5, 5.41) is 0. The third-order valence-electron chi connectivity index (χ3n) is 2.80. The summed E-state index contributed by atoms with van der Waals surface area (Å²) < 4.78 is 4.61. The largest absolute Gasteiger partial charge is 0.463 e. The van der Waals surface area contributed by atoms with Crippen LogP contribution in [0.4, 0.5) is 11.5 Å². The minimum Gasteiger partial charge on any atom is -0.463 e. The Hall–Kier alpha value is -2.63. The van der Waals surface area contributed by atoms with Crippen molar-refractivity contribution in [1.29, 1.82) is 0 Å². The molecule has 1 heterocycles. The van der Waals surface area contributed by atoms with Crippen molar-refractivity contribution in [3.63, 3.8) is 0 Å². The second kappa shape index (κ2) is 6.01. The minimum atomic E-state index is -0.548. The van der Waals surface area contributed by atoms with Gasteiger partial charge in [0.1, 0.15) is 5.82 Å². The van der Waals surface area contributed by atoms with Gasteiger partial charge in [-0.15, -0.1) is 0 Å². The van der Waals surface area contributed by atoms with Gasteiger partial charge < -0.3 is 15.4 Å². The zero-order valence-electron chi connectivity index (χ0n) is 11.4. The van der Waals surface area contributed by atoms with Gasteiger partial charge >= 0.3 is 5.97 Å². The number of hydrogen-bond donors (Lipinski definition) is 1. The summed E-state index contributed by atoms with van der Waals surface area (Å²) >= 11 is 0. The van der Waals surface area contributed by atoms with E-state index in [4.69, 9.17) is 5.73 Å². The van der Waals surface area contributed by atoms with E-state index in [1.807, 2.05) is 36.2 Å². The van der Waals surface area contributed by atoms with Crippen molar-refractivity contribution in [2.75, 3.05) is 24.8 Å². The van der Waals surface area contributed by atoms with E-state index in [1.165, 1.54) is 13.3 Å². The third kappa shape index (κ3) is 3.23. The lowest BCUT2D eigenvalue weighted by molar-refractivity contribution is 0.0587. The molecule has 0 atom stereocenters. The zero-order chi connectivity index (χ0) is 14.5. The Morgan fingerprint density at radius 3 is 2.65 bits per heavy atom. The van der Waals surface area contributed by atoms with E-state index in [0.29, 0.717) is 12.4 Å². The fraction of sp³-hybridized carbons (Fsp3) is 0.214. The summed E-state index contributed by atoms with van der Waals surface area (Å²) in [6, 6.07) is 9.35. The van der Waals surface area contributed by atoms with Crippen LogP contribution >= 0.6 is 0 Å². The van der Waals surface area contributed by atoms with Gasteiger partial charge in [0.15, 0.2) is 0 Å². The summed E-state index contributed by atoms with van der Waals surface area (Å²) in [7, 11) is 3.19. The molecule has 6 heteroatoms. The molecule has 0 radical (unpaired) electrons. The van der Waals surface area contributed by atoms with Gasteiger partial charge in [-0.1, -0.05) is 12.1 Å². The Balaban J connectivity index is 2.14. The lowest BCUT2D eigenvalue weighted by atomic mass is 10.2. The number of ether oxygens (including phenoxy) is 1. The molecule has 0 spiro atoms. The highest BCUT2D eigenvalue weighted by atomic mass is 16.5. The smallest absolute Gasteiger partial charge is 0.376 e. The highest BCUT2D eigenvalue weighted by Crippen LogP contribution is 2.13. The Labute approximate surface area is 117 Å². The van der Waals surface area contributed by atoms with Gasteiger partial charge in [-0.3, -0.25) is 0 Å². The van der Waals surface area contributed by atoms with Crippen LogP contribution in [-0.2, 0) is 11.3 Å². The molecule has 0 aliphatic carbocycles. The van der Waals surface area contributed by atoms with E-state index in [0.717, 1.165) is 11.3 Å². The number of esters is 1. The van der Waals surface area contributed by atoms with Crippen LogP contribution in [0.25, 0.3) is 0 Å². The molecule has 0 saturated heterocycles. The summed E-state index contributed by atoms with van der Waals surface area (Å²) in [6.45, 7) is 0.651. The van der Waals surface area contributed by atoms with Crippen LogP contribution in [0.15, 0.2) is 36.5 Å². The molecule has 2 N–H and O–H groups in total. The highest BCUT2D eigenvalue weighted by Gasteiger charge is 2.11. The number of nitrogens with zero attached hydrogens (tertiary/aromatic N) is 3. The molecule has 0 bridgehead atoms. The fourth-order valence-electron chi connectivity index (χ4n) is 1.73. The van der Waals surface area contributed by atoms with Crippen LogP contribution in [0.5, 0.6) is 0 Å². The van der Waals surface area contributed by atoms with E-state index in [1.54, 1.807) is 6.07 Å². The van der Waals surface area contributed by atoms with Crippen LogP contribution in [0.2, 0.25) is 0 Å². The number of anilines is 2. The van der Waals surface area contributed by atoms with Crippen LogP contribution in [0.3, 0.4) is 0 Å². The molecule has 20 heavy (non-hydrogen) atoms. The zero-order valence-corrected chi connectivity index (χ0v) is 11.4. The molecular formula is C14H16N4O2.